The van der Waals surface area contributed by atoms with Crippen LogP contribution in [0.2, 0.25) is 0 Å². The normalized spacial score (nSPS) is 5.80. The zero-order valence-corrected chi connectivity index (χ0v) is 2.60. The van der Waals surface area contributed by atoms with Crippen LogP contribution in [-0.2, 0) is 0 Å². The number of nitrogens with zero attached hydrogens (tertiary/aromatic N) is 1. The largest absolute Gasteiger partial charge is 0.374 e. The Morgan fingerprint density at radius 2 is 2.60 bits per heavy atom. The highest BCUT2D eigenvalue weighted by atomic mass is 16.3. The molecule has 0 fully saturated rings. The summed E-state index contributed by atoms with van der Waals surface area (Å²) >= 11 is 0. The van der Waals surface area contributed by atoms with E-state index in [9.17, 15) is 0 Å². The summed E-state index contributed by atoms with van der Waals surface area (Å²) in [6.07, 6.45) is 0. The lowest BCUT2D eigenvalue weighted by molar-refractivity contribution is 0.310. The molecule has 0 aliphatic heterocycles. The first-order valence-electron chi connectivity index (χ1n) is 1.11. The molecule has 0 aromatic carbocycles. The van der Waals surface area contributed by atoms with Crippen LogP contribution in [0.1, 0.15) is 0 Å². The van der Waals surface area contributed by atoms with Gasteiger partial charge in [0, 0.05) is 0 Å². The minimum Gasteiger partial charge on any atom is -0.374 e. The van der Waals surface area contributed by atoms with Crippen LogP contribution in [-0.4, -0.2) is 17.8 Å². The average Bonchev–Trinajstić information content (AvgIpc) is 1.41. The molecule has 0 saturated carbocycles. The standard InChI is InChI=1S/C2H4N2O/c3-1-4-2-5/h3,5H,2H2. The summed E-state index contributed by atoms with van der Waals surface area (Å²) in [5.74, 6) is 0. The third kappa shape index (κ3) is 3.34. The van der Waals surface area contributed by atoms with Crippen LogP contribution in [0, 0.1) is 5.41 Å². The van der Waals surface area contributed by atoms with E-state index in [1.165, 1.54) is 0 Å². The summed E-state index contributed by atoms with van der Waals surface area (Å²) in [5, 5.41) is 13.7. The molecule has 0 aromatic heterocycles. The van der Waals surface area contributed by atoms with Gasteiger partial charge in [-0.3, -0.25) is 0 Å². The molecule has 3 heteroatoms. The molecule has 28 valence electrons. The van der Waals surface area contributed by atoms with Crippen molar-refractivity contribution in [2.24, 2.45) is 4.99 Å². The molecule has 0 atom stereocenters. The van der Waals surface area contributed by atoms with Crippen LogP contribution in [0.5, 0.6) is 0 Å². The summed E-state index contributed by atoms with van der Waals surface area (Å²) in [6, 6.07) is 1.64. The van der Waals surface area contributed by atoms with Crippen molar-refractivity contribution in [3.63, 3.8) is 0 Å². The van der Waals surface area contributed by atoms with E-state index in [4.69, 9.17) is 10.5 Å². The lowest BCUT2D eigenvalue weighted by atomic mass is 11.3. The van der Waals surface area contributed by atoms with E-state index in [2.05, 4.69) is 4.99 Å². The molecule has 3 nitrogen and oxygen atoms in total. The van der Waals surface area contributed by atoms with Crippen molar-refractivity contribution in [3.05, 3.63) is 0 Å². The van der Waals surface area contributed by atoms with Crippen molar-refractivity contribution in [1.82, 2.24) is 0 Å². The minimum atomic E-state index is -0.330. The zero-order valence-electron chi connectivity index (χ0n) is 2.60. The van der Waals surface area contributed by atoms with Crippen molar-refractivity contribution in [3.8, 4) is 0 Å². The average molecular weight is 72.1 g/mol. The molecule has 0 spiro atoms. The van der Waals surface area contributed by atoms with Gasteiger partial charge in [0.25, 0.3) is 0 Å². The highest BCUT2D eigenvalue weighted by Gasteiger charge is 1.49. The van der Waals surface area contributed by atoms with E-state index in [1.54, 1.807) is 6.01 Å². The smallest absolute Gasteiger partial charge is 0.145 e. The zero-order chi connectivity index (χ0) is 4.12. The van der Waals surface area contributed by atoms with Crippen molar-refractivity contribution < 1.29 is 5.11 Å². The van der Waals surface area contributed by atoms with Crippen LogP contribution >= 0.6 is 0 Å². The Bertz CT molecular complexity index is 54.7. The molecule has 0 heterocycles. The molecule has 0 aliphatic rings. The predicted octanol–water partition coefficient (Wildman–Crippen LogP) is -0.311. The van der Waals surface area contributed by atoms with Crippen LogP contribution in [0.3, 0.4) is 0 Å². The van der Waals surface area contributed by atoms with Crippen LogP contribution in [0.25, 0.3) is 0 Å². The molecule has 0 unspecified atom stereocenters. The Labute approximate surface area is 29.5 Å². The predicted molar refractivity (Wildman–Crippen MR) is 17.2 cm³/mol. The Morgan fingerprint density at radius 1 is 2.00 bits per heavy atom. The second kappa shape index (κ2) is 3.34. The molecule has 0 amide bonds. The molecule has 0 radical (unpaired) electrons. The van der Waals surface area contributed by atoms with Crippen LogP contribution in [0.4, 0.5) is 0 Å². The van der Waals surface area contributed by atoms with Gasteiger partial charge in [-0.25, -0.2) is 5.41 Å². The second-order valence-corrected chi connectivity index (χ2v) is 0.411. The molecule has 5 heavy (non-hydrogen) atoms. The topological polar surface area (TPSA) is 56.4 Å². The second-order valence-electron chi connectivity index (χ2n) is 0.411. The van der Waals surface area contributed by atoms with Gasteiger partial charge in [0.15, 0.2) is 0 Å². The van der Waals surface area contributed by atoms with Crippen molar-refractivity contribution in [2.75, 3.05) is 6.73 Å². The summed E-state index contributed by atoms with van der Waals surface area (Å²) < 4.78 is 0. The number of hydrogen-bond donors (Lipinski definition) is 2. The maximum atomic E-state index is 7.72. The molecule has 2 N–H and O–H groups in total. The Hall–Kier alpha value is -0.660. The highest BCUT2D eigenvalue weighted by Crippen LogP contribution is 1.46. The van der Waals surface area contributed by atoms with Gasteiger partial charge >= 0.3 is 0 Å². The van der Waals surface area contributed by atoms with Gasteiger partial charge in [0.2, 0.25) is 0 Å². The molecular weight excluding hydrogens is 68.0 g/mol. The summed E-state index contributed by atoms with van der Waals surface area (Å²) in [7, 11) is 0. The number of rotatable bonds is 1. The van der Waals surface area contributed by atoms with Crippen molar-refractivity contribution in [2.45, 2.75) is 0 Å². The summed E-state index contributed by atoms with van der Waals surface area (Å²) in [6.45, 7) is -0.330. The number of hydrogen-bond acceptors (Lipinski definition) is 3. The van der Waals surface area contributed by atoms with Gasteiger partial charge in [-0.2, -0.15) is 4.99 Å². The molecule has 0 bridgehead atoms. The number of aliphatic hydroxyl groups is 1. The SMILES string of the molecule is N=C=NCO. The Balaban J connectivity index is 2.93. The molecule has 0 aliphatic carbocycles. The van der Waals surface area contributed by atoms with Crippen molar-refractivity contribution >= 4 is 6.01 Å². The summed E-state index contributed by atoms with van der Waals surface area (Å²) in [5.41, 5.74) is 0. The molecule has 0 aromatic rings. The van der Waals surface area contributed by atoms with E-state index < -0.39 is 0 Å². The first kappa shape index (κ1) is 4.34. The lowest BCUT2D eigenvalue weighted by Gasteiger charge is -1.62. The fourth-order valence-electron chi connectivity index (χ4n) is 0.0354. The van der Waals surface area contributed by atoms with Crippen LogP contribution in [0.15, 0.2) is 4.99 Å². The van der Waals surface area contributed by atoms with E-state index in [0.717, 1.165) is 0 Å². The monoisotopic (exact) mass is 72.0 g/mol. The van der Waals surface area contributed by atoms with Gasteiger partial charge in [-0.05, 0) is 0 Å². The first-order valence-corrected chi connectivity index (χ1v) is 1.11. The fourth-order valence-corrected chi connectivity index (χ4v) is 0.0354. The van der Waals surface area contributed by atoms with Gasteiger partial charge in [0.05, 0.1) is 6.01 Å². The summed E-state index contributed by atoms with van der Waals surface area (Å²) in [4.78, 5) is 2.94. The molecule has 0 saturated heterocycles. The quantitative estimate of drug-likeness (QED) is 0.410. The van der Waals surface area contributed by atoms with E-state index >= 15 is 0 Å². The number of nitrogens with one attached hydrogen (secondary N) is 1. The van der Waals surface area contributed by atoms with Crippen LogP contribution < -0.4 is 0 Å². The Kier molecular flexibility index (Phi) is 2.90. The minimum absolute atomic E-state index is 0.330. The molecular formula is C2H4N2O. The maximum absolute atomic E-state index is 7.72. The fraction of sp³-hybridized carbons (Fsp3) is 0.500. The van der Waals surface area contributed by atoms with Gasteiger partial charge in [0.1, 0.15) is 6.73 Å². The van der Waals surface area contributed by atoms with E-state index in [-0.39, 0.29) is 6.73 Å². The number of aliphatic imine (C=N–C) groups is 1. The number of aliphatic hydroxyl groups excluding tert-OH is 1. The first-order chi connectivity index (χ1) is 2.41. The highest BCUT2D eigenvalue weighted by molar-refractivity contribution is 5.35. The van der Waals surface area contributed by atoms with Crippen molar-refractivity contribution in [1.29, 1.82) is 5.41 Å². The maximum Gasteiger partial charge on any atom is 0.145 e. The van der Waals surface area contributed by atoms with Gasteiger partial charge in [-0.15, -0.1) is 0 Å². The third-order valence-corrected chi connectivity index (χ3v) is 0.150. The van der Waals surface area contributed by atoms with Gasteiger partial charge < -0.3 is 5.11 Å². The third-order valence-electron chi connectivity index (χ3n) is 0.150. The van der Waals surface area contributed by atoms with E-state index in [1.807, 2.05) is 0 Å². The lowest BCUT2D eigenvalue weighted by Crippen LogP contribution is -1.66. The van der Waals surface area contributed by atoms with Gasteiger partial charge in [-0.1, -0.05) is 0 Å². The van der Waals surface area contributed by atoms with E-state index in [0.29, 0.717) is 0 Å². The Morgan fingerprint density at radius 3 is 2.60 bits per heavy atom. The molecule has 0 rings (SSSR count).